The Bertz CT molecular complexity index is 608. The molecule has 0 saturated carbocycles. The van der Waals surface area contributed by atoms with Gasteiger partial charge in [-0.05, 0) is 36.6 Å². The molecule has 0 fully saturated rings. The lowest BCUT2D eigenvalue weighted by Gasteiger charge is -2.01. The van der Waals surface area contributed by atoms with E-state index < -0.39 is 0 Å². The monoisotopic (exact) mass is 261 g/mol. The second-order valence-electron chi connectivity index (χ2n) is 3.65. The third-order valence-electron chi connectivity index (χ3n) is 2.42. The number of pyridine rings is 1. The first-order valence-corrected chi connectivity index (χ1v) is 5.97. The Morgan fingerprint density at radius 2 is 2.28 bits per heavy atom. The number of hydrogen-bond donors (Lipinski definition) is 0. The van der Waals surface area contributed by atoms with Crippen LogP contribution in [0.1, 0.15) is 12.6 Å². The number of esters is 1. The van der Waals surface area contributed by atoms with Gasteiger partial charge in [0, 0.05) is 22.7 Å². The second-order valence-corrected chi connectivity index (χ2v) is 4.08. The Kier molecular flexibility index (Phi) is 3.95. The van der Waals surface area contributed by atoms with E-state index in [1.54, 1.807) is 25.3 Å². The summed E-state index contributed by atoms with van der Waals surface area (Å²) in [6.45, 7) is 2.13. The molecule has 0 atom stereocenters. The van der Waals surface area contributed by atoms with Gasteiger partial charge in [0.15, 0.2) is 0 Å². The Balaban J connectivity index is 2.36. The van der Waals surface area contributed by atoms with E-state index in [2.05, 4.69) is 4.98 Å². The zero-order valence-corrected chi connectivity index (χ0v) is 10.6. The lowest BCUT2D eigenvalue weighted by atomic mass is 10.1. The summed E-state index contributed by atoms with van der Waals surface area (Å²) in [6.07, 6.45) is 4.71. The van der Waals surface area contributed by atoms with Gasteiger partial charge < -0.3 is 4.74 Å². The number of carbonyl (C=O) groups is 1. The standard InChI is InChI=1S/C14H12ClNO2/c1-2-18-14(17)6-5-13-12-4-3-11(15)9-10(12)7-8-16-13/h3-9H,2H2,1H3/b6-5+. The lowest BCUT2D eigenvalue weighted by molar-refractivity contribution is -0.137. The Hall–Kier alpha value is -1.87. The number of fused-ring (bicyclic) bond motifs is 1. The average molecular weight is 262 g/mol. The zero-order valence-electron chi connectivity index (χ0n) is 9.89. The van der Waals surface area contributed by atoms with E-state index in [1.807, 2.05) is 18.2 Å². The Morgan fingerprint density at radius 3 is 3.06 bits per heavy atom. The maximum Gasteiger partial charge on any atom is 0.330 e. The van der Waals surface area contributed by atoms with Crippen molar-refractivity contribution in [1.29, 1.82) is 0 Å². The van der Waals surface area contributed by atoms with Crippen LogP contribution in [0, 0.1) is 0 Å². The number of benzene rings is 1. The lowest BCUT2D eigenvalue weighted by Crippen LogP contribution is -1.98. The van der Waals surface area contributed by atoms with Gasteiger partial charge in [-0.15, -0.1) is 0 Å². The van der Waals surface area contributed by atoms with Crippen molar-refractivity contribution < 1.29 is 9.53 Å². The third-order valence-corrected chi connectivity index (χ3v) is 2.66. The fourth-order valence-electron chi connectivity index (χ4n) is 1.64. The summed E-state index contributed by atoms with van der Waals surface area (Å²) < 4.78 is 4.82. The molecule has 0 N–H and O–H groups in total. The average Bonchev–Trinajstić information content (AvgIpc) is 2.36. The number of hydrogen-bond acceptors (Lipinski definition) is 3. The fraction of sp³-hybridized carbons (Fsp3) is 0.143. The Labute approximate surface area is 110 Å². The van der Waals surface area contributed by atoms with Crippen LogP contribution in [0.3, 0.4) is 0 Å². The topological polar surface area (TPSA) is 39.2 Å². The summed E-state index contributed by atoms with van der Waals surface area (Å²) in [5, 5.41) is 2.61. The summed E-state index contributed by atoms with van der Waals surface area (Å²) in [6, 6.07) is 7.42. The minimum atomic E-state index is -0.370. The van der Waals surface area contributed by atoms with Crippen LogP contribution in [0.4, 0.5) is 0 Å². The number of aromatic nitrogens is 1. The van der Waals surface area contributed by atoms with Crippen molar-refractivity contribution in [3.63, 3.8) is 0 Å². The maximum absolute atomic E-state index is 11.2. The molecule has 18 heavy (non-hydrogen) atoms. The molecule has 0 unspecified atom stereocenters. The van der Waals surface area contributed by atoms with E-state index in [0.717, 1.165) is 16.5 Å². The SMILES string of the molecule is CCOC(=O)/C=C/c1nccc2cc(Cl)ccc12. The van der Waals surface area contributed by atoms with E-state index in [1.165, 1.54) is 6.08 Å². The molecule has 0 aliphatic heterocycles. The normalized spacial score (nSPS) is 11.0. The van der Waals surface area contributed by atoms with Gasteiger partial charge in [0.05, 0.1) is 12.3 Å². The van der Waals surface area contributed by atoms with Gasteiger partial charge in [-0.1, -0.05) is 17.7 Å². The maximum atomic E-state index is 11.2. The summed E-state index contributed by atoms with van der Waals surface area (Å²) in [4.78, 5) is 15.5. The van der Waals surface area contributed by atoms with Crippen molar-refractivity contribution >= 4 is 34.4 Å². The van der Waals surface area contributed by atoms with E-state index in [4.69, 9.17) is 16.3 Å². The van der Waals surface area contributed by atoms with Crippen molar-refractivity contribution in [3.05, 3.63) is 47.3 Å². The van der Waals surface area contributed by atoms with Crippen LogP contribution < -0.4 is 0 Å². The molecule has 0 radical (unpaired) electrons. The van der Waals surface area contributed by atoms with Crippen LogP contribution in [0.25, 0.3) is 16.8 Å². The first kappa shape index (κ1) is 12.6. The number of halogens is 1. The molecule has 0 bridgehead atoms. The number of nitrogens with zero attached hydrogens (tertiary/aromatic N) is 1. The molecule has 0 aliphatic carbocycles. The van der Waals surface area contributed by atoms with Crippen LogP contribution >= 0.6 is 11.6 Å². The molecule has 0 amide bonds. The van der Waals surface area contributed by atoms with Crippen molar-refractivity contribution in [3.8, 4) is 0 Å². The van der Waals surface area contributed by atoms with E-state index >= 15 is 0 Å². The summed E-state index contributed by atoms with van der Waals surface area (Å²) in [7, 11) is 0. The van der Waals surface area contributed by atoms with Crippen LogP contribution in [0.5, 0.6) is 0 Å². The van der Waals surface area contributed by atoms with Gasteiger partial charge in [0.2, 0.25) is 0 Å². The van der Waals surface area contributed by atoms with Crippen LogP contribution in [-0.2, 0) is 9.53 Å². The first-order valence-electron chi connectivity index (χ1n) is 5.60. The highest BCUT2D eigenvalue weighted by molar-refractivity contribution is 6.31. The molecular weight excluding hydrogens is 250 g/mol. The van der Waals surface area contributed by atoms with Crippen LogP contribution in [-0.4, -0.2) is 17.6 Å². The molecule has 2 aromatic rings. The summed E-state index contributed by atoms with van der Waals surface area (Å²) in [5.74, 6) is -0.370. The van der Waals surface area contributed by atoms with Gasteiger partial charge in [0.1, 0.15) is 0 Å². The molecule has 3 nitrogen and oxygen atoms in total. The first-order chi connectivity index (χ1) is 8.70. The van der Waals surface area contributed by atoms with E-state index in [0.29, 0.717) is 11.6 Å². The van der Waals surface area contributed by atoms with Crippen molar-refractivity contribution in [2.24, 2.45) is 0 Å². The molecule has 1 aromatic carbocycles. The number of rotatable bonds is 3. The van der Waals surface area contributed by atoms with E-state index in [9.17, 15) is 4.79 Å². The van der Waals surface area contributed by atoms with Crippen molar-refractivity contribution in [2.45, 2.75) is 6.92 Å². The molecule has 0 spiro atoms. The van der Waals surface area contributed by atoms with Gasteiger partial charge in [-0.3, -0.25) is 4.98 Å². The molecule has 1 heterocycles. The quantitative estimate of drug-likeness (QED) is 0.627. The number of carbonyl (C=O) groups excluding carboxylic acids is 1. The highest BCUT2D eigenvalue weighted by Gasteiger charge is 2.01. The second kappa shape index (κ2) is 5.65. The van der Waals surface area contributed by atoms with Crippen molar-refractivity contribution in [2.75, 3.05) is 6.61 Å². The van der Waals surface area contributed by atoms with Crippen LogP contribution in [0.2, 0.25) is 5.02 Å². The van der Waals surface area contributed by atoms with Gasteiger partial charge in [0.25, 0.3) is 0 Å². The summed E-state index contributed by atoms with van der Waals surface area (Å²) in [5.41, 5.74) is 0.720. The Morgan fingerprint density at radius 1 is 1.44 bits per heavy atom. The predicted molar refractivity (Wildman–Crippen MR) is 72.4 cm³/mol. The van der Waals surface area contributed by atoms with Gasteiger partial charge in [-0.25, -0.2) is 4.79 Å². The third kappa shape index (κ3) is 2.87. The van der Waals surface area contributed by atoms with Gasteiger partial charge in [-0.2, -0.15) is 0 Å². The van der Waals surface area contributed by atoms with E-state index in [-0.39, 0.29) is 5.97 Å². The zero-order chi connectivity index (χ0) is 13.0. The smallest absolute Gasteiger partial charge is 0.330 e. The fourth-order valence-corrected chi connectivity index (χ4v) is 1.82. The van der Waals surface area contributed by atoms with Crippen LogP contribution in [0.15, 0.2) is 36.5 Å². The largest absolute Gasteiger partial charge is 0.463 e. The molecule has 0 aliphatic rings. The highest BCUT2D eigenvalue weighted by Crippen LogP contribution is 2.21. The minimum absolute atomic E-state index is 0.363. The highest BCUT2D eigenvalue weighted by atomic mass is 35.5. The molecule has 0 saturated heterocycles. The number of ether oxygens (including phenoxy) is 1. The molecule has 92 valence electrons. The molecule has 4 heteroatoms. The minimum Gasteiger partial charge on any atom is -0.463 e. The van der Waals surface area contributed by atoms with Crippen molar-refractivity contribution in [1.82, 2.24) is 4.98 Å². The molecular formula is C14H12ClNO2. The predicted octanol–water partition coefficient (Wildman–Crippen LogP) is 3.46. The summed E-state index contributed by atoms with van der Waals surface area (Å²) >= 11 is 5.93. The molecule has 1 aromatic heterocycles. The van der Waals surface area contributed by atoms with Gasteiger partial charge >= 0.3 is 5.97 Å². The molecule has 2 rings (SSSR count).